The Morgan fingerprint density at radius 1 is 1.05 bits per heavy atom. The van der Waals surface area contributed by atoms with Crippen LogP contribution in [0.2, 0.25) is 0 Å². The van der Waals surface area contributed by atoms with Crippen molar-refractivity contribution in [1.29, 1.82) is 0 Å². The van der Waals surface area contributed by atoms with Gasteiger partial charge >= 0.3 is 0 Å². The van der Waals surface area contributed by atoms with Crippen LogP contribution in [0.1, 0.15) is 87.0 Å². The van der Waals surface area contributed by atoms with Gasteiger partial charge in [-0.05, 0) is 38.0 Å². The van der Waals surface area contributed by atoms with Crippen molar-refractivity contribution in [2.75, 3.05) is 0 Å². The lowest BCUT2D eigenvalue weighted by atomic mass is 9.76. The fraction of sp³-hybridized carbons (Fsp3) is 0.941. The van der Waals surface area contributed by atoms with Gasteiger partial charge in [-0.2, -0.15) is 0 Å². The molecule has 2 atom stereocenters. The standard InChI is InChI=1S/C17H35NO/c1-8-12-13-17(7,11-4)15(19)18-14(5)16(6,9-2)10-3/h14H,8-13H2,1-7H3,(H,18,19)/t14-,17?/m0/s1. The summed E-state index contributed by atoms with van der Waals surface area (Å²) in [6.07, 6.45) is 6.39. The number of rotatable bonds is 9. The number of nitrogens with one attached hydrogen (secondary N) is 1. The average Bonchev–Trinajstić information content (AvgIpc) is 2.43. The van der Waals surface area contributed by atoms with Gasteiger partial charge in [0.2, 0.25) is 5.91 Å². The predicted octanol–water partition coefficient (Wildman–Crippen LogP) is 4.92. The van der Waals surface area contributed by atoms with Crippen molar-refractivity contribution in [2.45, 2.75) is 93.0 Å². The van der Waals surface area contributed by atoms with Crippen LogP contribution >= 0.6 is 0 Å². The molecule has 0 bridgehead atoms. The predicted molar refractivity (Wildman–Crippen MR) is 84.2 cm³/mol. The Balaban J connectivity index is 4.73. The Kier molecular flexibility index (Phi) is 7.69. The van der Waals surface area contributed by atoms with Crippen LogP contribution < -0.4 is 5.32 Å². The highest BCUT2D eigenvalue weighted by atomic mass is 16.2. The van der Waals surface area contributed by atoms with Gasteiger partial charge in [-0.15, -0.1) is 0 Å². The molecule has 0 aromatic heterocycles. The molecular formula is C17H35NO. The quantitative estimate of drug-likeness (QED) is 0.632. The van der Waals surface area contributed by atoms with Crippen LogP contribution in [0.15, 0.2) is 0 Å². The lowest BCUT2D eigenvalue weighted by Crippen LogP contribution is -2.49. The van der Waals surface area contributed by atoms with Crippen LogP contribution in [0.3, 0.4) is 0 Å². The molecular weight excluding hydrogens is 234 g/mol. The van der Waals surface area contributed by atoms with Crippen LogP contribution in [-0.4, -0.2) is 11.9 Å². The summed E-state index contributed by atoms with van der Waals surface area (Å²) in [6.45, 7) is 15.3. The van der Waals surface area contributed by atoms with Crippen molar-refractivity contribution >= 4 is 5.91 Å². The highest BCUT2D eigenvalue weighted by molar-refractivity contribution is 5.82. The second kappa shape index (κ2) is 7.91. The summed E-state index contributed by atoms with van der Waals surface area (Å²) < 4.78 is 0. The number of carbonyl (C=O) groups is 1. The van der Waals surface area contributed by atoms with E-state index in [0.717, 1.165) is 38.5 Å². The first-order chi connectivity index (χ1) is 8.79. The van der Waals surface area contributed by atoms with Crippen LogP contribution in [-0.2, 0) is 4.79 Å². The van der Waals surface area contributed by atoms with Crippen molar-refractivity contribution < 1.29 is 4.79 Å². The minimum atomic E-state index is -0.202. The Labute approximate surface area is 120 Å². The Morgan fingerprint density at radius 3 is 1.95 bits per heavy atom. The van der Waals surface area contributed by atoms with Gasteiger partial charge in [0.15, 0.2) is 0 Å². The summed E-state index contributed by atoms with van der Waals surface area (Å²) in [5.41, 5.74) is 0.00172. The van der Waals surface area contributed by atoms with E-state index < -0.39 is 0 Å². The third-order valence-electron chi connectivity index (χ3n) is 5.42. The van der Waals surface area contributed by atoms with Crippen molar-refractivity contribution in [3.63, 3.8) is 0 Å². The zero-order valence-corrected chi connectivity index (χ0v) is 14.2. The highest BCUT2D eigenvalue weighted by Crippen LogP contribution is 2.32. The molecule has 0 aliphatic rings. The Bertz CT molecular complexity index is 270. The number of carbonyl (C=O) groups excluding carboxylic acids is 1. The van der Waals surface area contributed by atoms with E-state index in [4.69, 9.17) is 0 Å². The normalized spacial score (nSPS) is 16.8. The Hall–Kier alpha value is -0.530. The molecule has 0 saturated heterocycles. The maximum Gasteiger partial charge on any atom is 0.226 e. The van der Waals surface area contributed by atoms with E-state index in [1.807, 2.05) is 0 Å². The van der Waals surface area contributed by atoms with Crippen molar-refractivity contribution in [2.24, 2.45) is 10.8 Å². The number of unbranched alkanes of at least 4 members (excludes halogenated alkanes) is 1. The van der Waals surface area contributed by atoms with E-state index in [0.29, 0.717) is 0 Å². The van der Waals surface area contributed by atoms with E-state index in [-0.39, 0.29) is 22.8 Å². The summed E-state index contributed by atoms with van der Waals surface area (Å²) in [5, 5.41) is 3.28. The molecule has 0 heterocycles. The molecule has 0 aromatic carbocycles. The first-order valence-electron chi connectivity index (χ1n) is 8.10. The second-order valence-corrected chi connectivity index (χ2v) is 6.57. The molecule has 1 amide bonds. The van der Waals surface area contributed by atoms with E-state index in [2.05, 4.69) is 53.8 Å². The molecule has 1 unspecified atom stereocenters. The van der Waals surface area contributed by atoms with Gasteiger partial charge in [0.25, 0.3) is 0 Å². The SMILES string of the molecule is CCCCC(C)(CC)C(=O)N[C@@H](C)C(C)(CC)CC. The first kappa shape index (κ1) is 18.5. The molecule has 0 aromatic rings. The zero-order valence-electron chi connectivity index (χ0n) is 14.2. The van der Waals surface area contributed by atoms with Gasteiger partial charge in [-0.3, -0.25) is 4.79 Å². The topological polar surface area (TPSA) is 29.1 Å². The molecule has 0 radical (unpaired) electrons. The minimum absolute atomic E-state index is 0.202. The van der Waals surface area contributed by atoms with Gasteiger partial charge < -0.3 is 5.32 Å². The molecule has 0 spiro atoms. The van der Waals surface area contributed by atoms with Gasteiger partial charge in [0.05, 0.1) is 0 Å². The van der Waals surface area contributed by atoms with Crippen molar-refractivity contribution in [3.05, 3.63) is 0 Å². The molecule has 0 aliphatic heterocycles. The summed E-state index contributed by atoms with van der Waals surface area (Å²) in [6, 6.07) is 0.238. The lowest BCUT2D eigenvalue weighted by molar-refractivity contribution is -0.132. The number of hydrogen-bond acceptors (Lipinski definition) is 1. The fourth-order valence-corrected chi connectivity index (χ4v) is 2.43. The highest BCUT2D eigenvalue weighted by Gasteiger charge is 2.35. The minimum Gasteiger partial charge on any atom is -0.353 e. The Morgan fingerprint density at radius 2 is 1.58 bits per heavy atom. The summed E-state index contributed by atoms with van der Waals surface area (Å²) in [7, 11) is 0. The molecule has 19 heavy (non-hydrogen) atoms. The van der Waals surface area contributed by atoms with E-state index in [1.165, 1.54) is 0 Å². The number of amides is 1. The van der Waals surface area contributed by atoms with Gasteiger partial charge in [-0.25, -0.2) is 0 Å². The van der Waals surface area contributed by atoms with Crippen LogP contribution in [0, 0.1) is 10.8 Å². The molecule has 114 valence electrons. The summed E-state index contributed by atoms with van der Waals surface area (Å²) >= 11 is 0. The van der Waals surface area contributed by atoms with Gasteiger partial charge in [0.1, 0.15) is 0 Å². The van der Waals surface area contributed by atoms with Gasteiger partial charge in [-0.1, -0.05) is 54.4 Å². The van der Waals surface area contributed by atoms with Gasteiger partial charge in [0, 0.05) is 11.5 Å². The van der Waals surface area contributed by atoms with Crippen LogP contribution in [0.5, 0.6) is 0 Å². The third-order valence-corrected chi connectivity index (χ3v) is 5.42. The van der Waals surface area contributed by atoms with Crippen LogP contribution in [0.25, 0.3) is 0 Å². The molecule has 0 fully saturated rings. The third kappa shape index (κ3) is 4.81. The maximum atomic E-state index is 12.6. The molecule has 2 heteroatoms. The van der Waals surface area contributed by atoms with E-state index >= 15 is 0 Å². The summed E-state index contributed by atoms with van der Waals surface area (Å²) in [4.78, 5) is 12.6. The van der Waals surface area contributed by atoms with E-state index in [1.54, 1.807) is 0 Å². The largest absolute Gasteiger partial charge is 0.353 e. The molecule has 1 N–H and O–H groups in total. The number of hydrogen-bond donors (Lipinski definition) is 1. The first-order valence-corrected chi connectivity index (χ1v) is 8.10. The smallest absolute Gasteiger partial charge is 0.226 e. The van der Waals surface area contributed by atoms with Crippen molar-refractivity contribution in [3.8, 4) is 0 Å². The molecule has 0 rings (SSSR count). The summed E-state index contributed by atoms with van der Waals surface area (Å²) in [5.74, 6) is 0.240. The fourth-order valence-electron chi connectivity index (χ4n) is 2.43. The monoisotopic (exact) mass is 269 g/mol. The lowest BCUT2D eigenvalue weighted by Gasteiger charge is -2.37. The van der Waals surface area contributed by atoms with Crippen molar-refractivity contribution in [1.82, 2.24) is 5.32 Å². The van der Waals surface area contributed by atoms with E-state index in [9.17, 15) is 4.79 Å². The molecule has 2 nitrogen and oxygen atoms in total. The second-order valence-electron chi connectivity index (χ2n) is 6.57. The molecule has 0 saturated carbocycles. The molecule has 0 aliphatic carbocycles. The van der Waals surface area contributed by atoms with Crippen LogP contribution in [0.4, 0.5) is 0 Å². The zero-order chi connectivity index (χ0) is 15.1. The maximum absolute atomic E-state index is 12.6. The average molecular weight is 269 g/mol.